The molecule has 0 aliphatic heterocycles. The second kappa shape index (κ2) is 6.24. The lowest BCUT2D eigenvalue weighted by molar-refractivity contribution is 0.305. The second-order valence-corrected chi connectivity index (χ2v) is 5.34. The lowest BCUT2D eigenvalue weighted by Gasteiger charge is -2.10. The van der Waals surface area contributed by atoms with Gasteiger partial charge in [-0.3, -0.25) is 5.41 Å². The van der Waals surface area contributed by atoms with Crippen molar-refractivity contribution in [3.05, 3.63) is 62.8 Å². The first kappa shape index (κ1) is 14.8. The molecule has 0 atom stereocenters. The maximum atomic E-state index is 13.0. The summed E-state index contributed by atoms with van der Waals surface area (Å²) in [5.41, 5.74) is 6.66. The molecule has 0 fully saturated rings. The van der Waals surface area contributed by atoms with Crippen molar-refractivity contribution in [3.8, 4) is 5.75 Å². The highest BCUT2D eigenvalue weighted by Crippen LogP contribution is 2.24. The quantitative estimate of drug-likeness (QED) is 0.639. The van der Waals surface area contributed by atoms with Crippen LogP contribution >= 0.6 is 27.5 Å². The highest BCUT2D eigenvalue weighted by atomic mass is 79.9. The fourth-order valence-corrected chi connectivity index (χ4v) is 2.34. The van der Waals surface area contributed by atoms with Gasteiger partial charge in [0, 0.05) is 15.6 Å². The Morgan fingerprint density at radius 3 is 2.65 bits per heavy atom. The van der Waals surface area contributed by atoms with Crippen LogP contribution in [0.2, 0.25) is 5.02 Å². The van der Waals surface area contributed by atoms with Crippen molar-refractivity contribution in [2.75, 3.05) is 0 Å². The third-order valence-corrected chi connectivity index (χ3v) is 3.69. The van der Waals surface area contributed by atoms with E-state index in [0.717, 1.165) is 5.56 Å². The molecule has 104 valence electrons. The number of ether oxygens (including phenoxy) is 1. The molecule has 0 spiro atoms. The fraction of sp³-hybridized carbons (Fsp3) is 0.0714. The van der Waals surface area contributed by atoms with E-state index < -0.39 is 0 Å². The molecule has 3 N–H and O–H groups in total. The molecule has 0 aliphatic carbocycles. The molecule has 0 amide bonds. The minimum absolute atomic E-state index is 0.0946. The van der Waals surface area contributed by atoms with E-state index in [0.29, 0.717) is 20.8 Å². The smallest absolute Gasteiger partial charge is 0.124 e. The highest BCUT2D eigenvalue weighted by molar-refractivity contribution is 9.10. The van der Waals surface area contributed by atoms with Crippen LogP contribution < -0.4 is 10.5 Å². The summed E-state index contributed by atoms with van der Waals surface area (Å²) in [7, 11) is 0. The van der Waals surface area contributed by atoms with Crippen LogP contribution in [-0.4, -0.2) is 5.84 Å². The van der Waals surface area contributed by atoms with E-state index >= 15 is 0 Å². The van der Waals surface area contributed by atoms with Crippen molar-refractivity contribution in [1.29, 1.82) is 5.41 Å². The average molecular weight is 358 g/mol. The molecule has 0 saturated heterocycles. The van der Waals surface area contributed by atoms with Gasteiger partial charge < -0.3 is 10.5 Å². The number of halogens is 3. The van der Waals surface area contributed by atoms with Crippen LogP contribution in [0.4, 0.5) is 4.39 Å². The monoisotopic (exact) mass is 356 g/mol. The van der Waals surface area contributed by atoms with Gasteiger partial charge in [0.2, 0.25) is 0 Å². The standard InChI is InChI=1S/C14H11BrClFN2O/c15-12-5-9(17)2-1-8(12)7-20-10-3-4-11(14(18)19)13(16)6-10/h1-6H,7H2,(H3,18,19). The Bertz CT molecular complexity index is 664. The lowest BCUT2D eigenvalue weighted by Crippen LogP contribution is -2.11. The Hall–Kier alpha value is -1.59. The Morgan fingerprint density at radius 2 is 2.05 bits per heavy atom. The molecule has 2 aromatic carbocycles. The van der Waals surface area contributed by atoms with E-state index in [4.69, 9.17) is 27.5 Å². The average Bonchev–Trinajstić information content (AvgIpc) is 2.37. The first-order valence-corrected chi connectivity index (χ1v) is 6.85. The van der Waals surface area contributed by atoms with Crippen LogP contribution in [0.25, 0.3) is 0 Å². The Balaban J connectivity index is 2.11. The fourth-order valence-electron chi connectivity index (χ4n) is 1.60. The van der Waals surface area contributed by atoms with Crippen molar-refractivity contribution in [2.24, 2.45) is 5.73 Å². The minimum Gasteiger partial charge on any atom is -0.489 e. The molecule has 0 aromatic heterocycles. The molecule has 0 bridgehead atoms. The van der Waals surface area contributed by atoms with Crippen molar-refractivity contribution in [2.45, 2.75) is 6.61 Å². The molecule has 0 unspecified atom stereocenters. The molecule has 0 heterocycles. The molecular weight excluding hydrogens is 347 g/mol. The summed E-state index contributed by atoms with van der Waals surface area (Å²) in [6, 6.07) is 9.29. The zero-order valence-electron chi connectivity index (χ0n) is 10.3. The number of hydrogen-bond acceptors (Lipinski definition) is 2. The summed E-state index contributed by atoms with van der Waals surface area (Å²) < 4.78 is 19.2. The first-order valence-electron chi connectivity index (χ1n) is 5.68. The number of amidine groups is 1. The third kappa shape index (κ3) is 3.49. The largest absolute Gasteiger partial charge is 0.489 e. The van der Waals surface area contributed by atoms with Gasteiger partial charge in [-0.05, 0) is 30.3 Å². The topological polar surface area (TPSA) is 59.1 Å². The van der Waals surface area contributed by atoms with Gasteiger partial charge in [-0.25, -0.2) is 4.39 Å². The van der Waals surface area contributed by atoms with E-state index in [1.165, 1.54) is 12.1 Å². The number of nitrogen functional groups attached to an aromatic ring is 1. The maximum absolute atomic E-state index is 13.0. The number of nitrogens with one attached hydrogen (secondary N) is 1. The van der Waals surface area contributed by atoms with Crippen molar-refractivity contribution in [1.82, 2.24) is 0 Å². The molecule has 2 aromatic rings. The van der Waals surface area contributed by atoms with Crippen LogP contribution in [0.15, 0.2) is 40.9 Å². The molecule has 20 heavy (non-hydrogen) atoms. The zero-order chi connectivity index (χ0) is 14.7. The van der Waals surface area contributed by atoms with Gasteiger partial charge in [0.05, 0.1) is 5.02 Å². The molecule has 3 nitrogen and oxygen atoms in total. The number of rotatable bonds is 4. The predicted octanol–water partition coefficient (Wildman–Crippen LogP) is 4.10. The molecule has 0 radical (unpaired) electrons. The van der Waals surface area contributed by atoms with Gasteiger partial charge >= 0.3 is 0 Å². The van der Waals surface area contributed by atoms with Crippen LogP contribution in [0.1, 0.15) is 11.1 Å². The van der Waals surface area contributed by atoms with Gasteiger partial charge in [0.1, 0.15) is 24.0 Å². The van der Waals surface area contributed by atoms with Gasteiger partial charge in [0.25, 0.3) is 0 Å². The summed E-state index contributed by atoms with van der Waals surface area (Å²) >= 11 is 9.27. The van der Waals surface area contributed by atoms with Crippen molar-refractivity contribution >= 4 is 33.4 Å². The summed E-state index contributed by atoms with van der Waals surface area (Å²) in [4.78, 5) is 0. The van der Waals surface area contributed by atoms with Crippen LogP contribution in [0.5, 0.6) is 5.75 Å². The van der Waals surface area contributed by atoms with Gasteiger partial charge in [-0.15, -0.1) is 0 Å². The van der Waals surface area contributed by atoms with E-state index in [9.17, 15) is 4.39 Å². The molecular formula is C14H11BrClFN2O. The van der Waals surface area contributed by atoms with Crippen molar-refractivity contribution in [3.63, 3.8) is 0 Å². The summed E-state index contributed by atoms with van der Waals surface area (Å²) in [6.45, 7) is 0.274. The molecule has 6 heteroatoms. The van der Waals surface area contributed by atoms with Crippen LogP contribution in [0, 0.1) is 11.2 Å². The molecule has 2 rings (SSSR count). The SMILES string of the molecule is N=C(N)c1ccc(OCc2ccc(F)cc2Br)cc1Cl. The number of nitrogens with two attached hydrogens (primary N) is 1. The Morgan fingerprint density at radius 1 is 1.30 bits per heavy atom. The van der Waals surface area contributed by atoms with Crippen LogP contribution in [0.3, 0.4) is 0 Å². The molecule has 0 saturated carbocycles. The number of hydrogen-bond donors (Lipinski definition) is 2. The summed E-state index contributed by atoms with van der Waals surface area (Å²) in [5.74, 6) is 0.147. The highest BCUT2D eigenvalue weighted by Gasteiger charge is 2.07. The lowest BCUT2D eigenvalue weighted by atomic mass is 10.2. The van der Waals surface area contributed by atoms with Gasteiger partial charge in [0.15, 0.2) is 0 Å². The molecule has 0 aliphatic rings. The Labute approximate surface area is 129 Å². The van der Waals surface area contributed by atoms with E-state index in [2.05, 4.69) is 15.9 Å². The van der Waals surface area contributed by atoms with Crippen molar-refractivity contribution < 1.29 is 9.13 Å². The maximum Gasteiger partial charge on any atom is 0.124 e. The number of benzene rings is 2. The van der Waals surface area contributed by atoms with E-state index in [-0.39, 0.29) is 18.3 Å². The minimum atomic E-state index is -0.311. The van der Waals surface area contributed by atoms with E-state index in [1.807, 2.05) is 0 Å². The second-order valence-electron chi connectivity index (χ2n) is 4.08. The van der Waals surface area contributed by atoms with Gasteiger partial charge in [-0.1, -0.05) is 33.6 Å². The van der Waals surface area contributed by atoms with Gasteiger partial charge in [-0.2, -0.15) is 0 Å². The predicted molar refractivity (Wildman–Crippen MR) is 80.9 cm³/mol. The van der Waals surface area contributed by atoms with E-state index in [1.54, 1.807) is 24.3 Å². The summed E-state index contributed by atoms with van der Waals surface area (Å²) in [6.07, 6.45) is 0. The Kier molecular flexibility index (Phi) is 4.62. The third-order valence-electron chi connectivity index (χ3n) is 2.64. The van der Waals surface area contributed by atoms with Crippen LogP contribution in [-0.2, 0) is 6.61 Å². The zero-order valence-corrected chi connectivity index (χ0v) is 12.6. The summed E-state index contributed by atoms with van der Waals surface area (Å²) in [5, 5.41) is 7.70. The normalized spacial score (nSPS) is 10.3. The first-order chi connectivity index (χ1) is 9.47.